The van der Waals surface area contributed by atoms with Gasteiger partial charge in [0.05, 0.1) is 17.7 Å². The van der Waals surface area contributed by atoms with Gasteiger partial charge in [0.1, 0.15) is 0 Å². The van der Waals surface area contributed by atoms with E-state index in [0.717, 1.165) is 0 Å². The average Bonchev–Trinajstić information content (AvgIpc) is 2.20. The zero-order valence-electron chi connectivity index (χ0n) is 8.18. The summed E-state index contributed by atoms with van der Waals surface area (Å²) in [4.78, 5) is 23.5. The van der Waals surface area contributed by atoms with E-state index in [0.29, 0.717) is 11.3 Å². The Labute approximate surface area is 85.3 Å². The van der Waals surface area contributed by atoms with Crippen LogP contribution in [0.2, 0.25) is 0 Å². The van der Waals surface area contributed by atoms with Gasteiger partial charge in [0.15, 0.2) is 5.75 Å². The van der Waals surface area contributed by atoms with Gasteiger partial charge in [-0.1, -0.05) is 0 Å². The number of ether oxygens (including phenoxy) is 1. The van der Waals surface area contributed by atoms with Crippen LogP contribution in [0.1, 0.15) is 5.56 Å². The Hall–Kier alpha value is -2.20. The van der Waals surface area contributed by atoms with Crippen LogP contribution in [0.5, 0.6) is 5.75 Å². The van der Waals surface area contributed by atoms with Gasteiger partial charge in [-0.3, -0.25) is 10.1 Å². The third-order valence-electron chi connectivity index (χ3n) is 1.86. The van der Waals surface area contributed by atoms with Crippen LogP contribution in [-0.4, -0.2) is 18.1 Å². The molecule has 0 saturated heterocycles. The minimum atomic E-state index is -0.555. The van der Waals surface area contributed by atoms with Gasteiger partial charge in [0, 0.05) is 12.1 Å². The fraction of sp³-hybridized carbons (Fsp3) is 0.222. The van der Waals surface area contributed by atoms with Gasteiger partial charge in [-0.05, 0) is 12.5 Å². The fourth-order valence-corrected chi connectivity index (χ4v) is 1.14. The first kappa shape index (κ1) is 10.9. The number of isocyanates is 1. The quantitative estimate of drug-likeness (QED) is 0.328. The van der Waals surface area contributed by atoms with Crippen molar-refractivity contribution in [1.29, 1.82) is 0 Å². The van der Waals surface area contributed by atoms with Crippen LogP contribution in [0.3, 0.4) is 0 Å². The Morgan fingerprint density at radius 1 is 1.53 bits per heavy atom. The molecule has 1 aromatic rings. The zero-order chi connectivity index (χ0) is 11.4. The molecule has 6 nitrogen and oxygen atoms in total. The molecule has 0 atom stereocenters. The maximum absolute atomic E-state index is 10.6. The molecule has 0 radical (unpaired) electrons. The number of carbonyl (C=O) groups excluding carboxylic acids is 1. The molecular formula is C9H8N2O4. The van der Waals surface area contributed by atoms with Crippen LogP contribution in [-0.2, 0) is 4.79 Å². The molecule has 0 unspecified atom stereocenters. The van der Waals surface area contributed by atoms with Crippen LogP contribution in [0, 0.1) is 17.0 Å². The molecule has 0 N–H and O–H groups in total. The molecule has 1 rings (SSSR count). The first-order valence-electron chi connectivity index (χ1n) is 4.01. The number of rotatable bonds is 3. The molecule has 15 heavy (non-hydrogen) atoms. The van der Waals surface area contributed by atoms with E-state index in [9.17, 15) is 14.9 Å². The molecule has 0 saturated carbocycles. The molecule has 0 spiro atoms. The fourth-order valence-electron chi connectivity index (χ4n) is 1.14. The van der Waals surface area contributed by atoms with Gasteiger partial charge in [-0.2, -0.15) is 4.99 Å². The van der Waals surface area contributed by atoms with E-state index in [1.807, 2.05) is 0 Å². The molecule has 0 fully saturated rings. The van der Waals surface area contributed by atoms with Crippen molar-refractivity contribution in [2.45, 2.75) is 6.92 Å². The molecule has 6 heteroatoms. The second kappa shape index (κ2) is 4.34. The minimum absolute atomic E-state index is 0.0691. The summed E-state index contributed by atoms with van der Waals surface area (Å²) in [6.07, 6.45) is 1.37. The summed E-state index contributed by atoms with van der Waals surface area (Å²) in [6, 6.07) is 2.63. The molecule has 0 aliphatic carbocycles. The summed E-state index contributed by atoms with van der Waals surface area (Å²) >= 11 is 0. The van der Waals surface area contributed by atoms with Crippen LogP contribution in [0.25, 0.3) is 0 Å². The lowest BCUT2D eigenvalue weighted by atomic mass is 10.1. The van der Waals surface area contributed by atoms with Crippen molar-refractivity contribution in [3.8, 4) is 5.75 Å². The Morgan fingerprint density at radius 2 is 2.20 bits per heavy atom. The first-order chi connectivity index (χ1) is 7.10. The van der Waals surface area contributed by atoms with Crippen LogP contribution in [0.15, 0.2) is 17.1 Å². The predicted molar refractivity (Wildman–Crippen MR) is 52.2 cm³/mol. The van der Waals surface area contributed by atoms with Crippen molar-refractivity contribution >= 4 is 17.5 Å². The lowest BCUT2D eigenvalue weighted by Gasteiger charge is -2.04. The third-order valence-corrected chi connectivity index (χ3v) is 1.86. The summed E-state index contributed by atoms with van der Waals surface area (Å²) in [5, 5.41) is 10.6. The predicted octanol–water partition coefficient (Wildman–Crippen LogP) is 1.88. The second-order valence-corrected chi connectivity index (χ2v) is 2.77. The molecule has 0 aliphatic heterocycles. The van der Waals surface area contributed by atoms with E-state index in [4.69, 9.17) is 4.74 Å². The summed E-state index contributed by atoms with van der Waals surface area (Å²) in [6.45, 7) is 1.61. The highest BCUT2D eigenvalue weighted by Crippen LogP contribution is 2.33. The van der Waals surface area contributed by atoms with Gasteiger partial charge >= 0.3 is 5.69 Å². The third kappa shape index (κ3) is 2.18. The summed E-state index contributed by atoms with van der Waals surface area (Å²) in [5.74, 6) is 0.0691. The lowest BCUT2D eigenvalue weighted by Crippen LogP contribution is -1.94. The number of nitro benzene ring substituents is 1. The maximum Gasteiger partial charge on any atom is 0.311 e. The minimum Gasteiger partial charge on any atom is -0.490 e. The van der Waals surface area contributed by atoms with Gasteiger partial charge in [0.2, 0.25) is 6.08 Å². The number of aryl methyl sites for hydroxylation is 1. The molecule has 0 aromatic heterocycles. The zero-order valence-corrected chi connectivity index (χ0v) is 8.18. The lowest BCUT2D eigenvalue weighted by molar-refractivity contribution is -0.385. The van der Waals surface area contributed by atoms with E-state index in [1.165, 1.54) is 25.3 Å². The Balaban J connectivity index is 3.41. The van der Waals surface area contributed by atoms with Crippen LogP contribution in [0.4, 0.5) is 11.4 Å². The number of aliphatic imine (C=N–C) groups is 1. The second-order valence-electron chi connectivity index (χ2n) is 2.77. The van der Waals surface area contributed by atoms with Crippen molar-refractivity contribution in [3.05, 3.63) is 27.8 Å². The molecular weight excluding hydrogens is 200 g/mol. The number of hydrogen-bond acceptors (Lipinski definition) is 5. The first-order valence-corrected chi connectivity index (χ1v) is 4.01. The van der Waals surface area contributed by atoms with Crippen LogP contribution < -0.4 is 4.74 Å². The SMILES string of the molecule is COc1cc(N=C=O)c(C)cc1[N+](=O)[O-]. The smallest absolute Gasteiger partial charge is 0.311 e. The molecule has 78 valence electrons. The number of hydrogen-bond donors (Lipinski definition) is 0. The van der Waals surface area contributed by atoms with E-state index in [1.54, 1.807) is 6.92 Å². The number of nitrogens with zero attached hydrogens (tertiary/aromatic N) is 2. The monoisotopic (exact) mass is 208 g/mol. The molecule has 0 amide bonds. The van der Waals surface area contributed by atoms with Gasteiger partial charge in [-0.25, -0.2) is 4.79 Å². The van der Waals surface area contributed by atoms with Crippen molar-refractivity contribution in [1.82, 2.24) is 0 Å². The largest absolute Gasteiger partial charge is 0.490 e. The summed E-state index contributed by atoms with van der Waals surface area (Å²) in [5.41, 5.74) is 0.679. The van der Waals surface area contributed by atoms with Crippen molar-refractivity contribution in [2.75, 3.05) is 7.11 Å². The molecule has 0 aliphatic rings. The van der Waals surface area contributed by atoms with Crippen molar-refractivity contribution in [2.24, 2.45) is 4.99 Å². The van der Waals surface area contributed by atoms with Gasteiger partial charge in [-0.15, -0.1) is 0 Å². The van der Waals surface area contributed by atoms with Crippen molar-refractivity contribution in [3.63, 3.8) is 0 Å². The molecule has 0 heterocycles. The number of methoxy groups -OCH3 is 1. The topological polar surface area (TPSA) is 81.8 Å². The number of benzene rings is 1. The molecule has 0 bridgehead atoms. The maximum atomic E-state index is 10.6. The highest BCUT2D eigenvalue weighted by atomic mass is 16.6. The van der Waals surface area contributed by atoms with Crippen molar-refractivity contribution < 1.29 is 14.5 Å². The molecule has 1 aromatic carbocycles. The van der Waals surface area contributed by atoms with Gasteiger partial charge in [0.25, 0.3) is 0 Å². The standard InChI is InChI=1S/C9H8N2O4/c1-6-3-8(11(13)14)9(15-2)4-7(6)10-5-12/h3-4H,1-2H3. The Morgan fingerprint density at radius 3 is 2.67 bits per heavy atom. The highest BCUT2D eigenvalue weighted by molar-refractivity contribution is 5.62. The average molecular weight is 208 g/mol. The number of nitro groups is 1. The van der Waals surface area contributed by atoms with E-state index in [2.05, 4.69) is 4.99 Å². The Bertz CT molecular complexity index is 450. The van der Waals surface area contributed by atoms with E-state index in [-0.39, 0.29) is 11.4 Å². The normalized spacial score (nSPS) is 9.20. The highest BCUT2D eigenvalue weighted by Gasteiger charge is 2.16. The van der Waals surface area contributed by atoms with Crippen LogP contribution >= 0.6 is 0 Å². The van der Waals surface area contributed by atoms with E-state index < -0.39 is 4.92 Å². The van der Waals surface area contributed by atoms with Gasteiger partial charge < -0.3 is 4.74 Å². The Kier molecular flexibility index (Phi) is 3.15. The van der Waals surface area contributed by atoms with E-state index >= 15 is 0 Å². The summed E-state index contributed by atoms with van der Waals surface area (Å²) < 4.78 is 4.82. The summed E-state index contributed by atoms with van der Waals surface area (Å²) in [7, 11) is 1.31.